The summed E-state index contributed by atoms with van der Waals surface area (Å²) in [6.07, 6.45) is 1.73. The van der Waals surface area contributed by atoms with Crippen molar-refractivity contribution in [2.24, 2.45) is 12.0 Å². The second-order valence-corrected chi connectivity index (χ2v) is 6.28. The summed E-state index contributed by atoms with van der Waals surface area (Å²) in [6.45, 7) is 5.50. The Morgan fingerprint density at radius 3 is 2.62 bits per heavy atom. The molecule has 8 heteroatoms. The molecule has 0 fully saturated rings. The first kappa shape index (κ1) is 17.7. The number of rotatable bonds is 4. The Bertz CT molecular complexity index is 858. The minimum Gasteiger partial charge on any atom is -0.343 e. The van der Waals surface area contributed by atoms with Gasteiger partial charge in [0.1, 0.15) is 6.04 Å². The fourth-order valence-electron chi connectivity index (χ4n) is 2.79. The maximum absolute atomic E-state index is 12.7. The van der Waals surface area contributed by atoms with Gasteiger partial charge in [-0.3, -0.25) is 19.7 Å². The molecule has 0 radical (unpaired) electrons. The van der Waals surface area contributed by atoms with E-state index in [1.807, 2.05) is 39.1 Å². The van der Waals surface area contributed by atoms with E-state index in [2.05, 4.69) is 20.8 Å². The molecule has 3 rings (SSSR count). The van der Waals surface area contributed by atoms with Gasteiger partial charge >= 0.3 is 0 Å². The van der Waals surface area contributed by atoms with Crippen LogP contribution in [0.4, 0.5) is 5.69 Å². The van der Waals surface area contributed by atoms with E-state index in [0.717, 1.165) is 11.3 Å². The number of nitrogens with one attached hydrogen (secondary N) is 2. The number of carbonyl (C=O) groups is 2. The van der Waals surface area contributed by atoms with Crippen LogP contribution in [0.5, 0.6) is 0 Å². The van der Waals surface area contributed by atoms with Crippen LogP contribution in [-0.4, -0.2) is 33.5 Å². The number of hydrogen-bond donors (Lipinski definition) is 2. The zero-order valence-corrected chi connectivity index (χ0v) is 15.2. The normalized spacial score (nSPS) is 18.2. The molecule has 1 aromatic heterocycles. The van der Waals surface area contributed by atoms with E-state index in [-0.39, 0.29) is 23.7 Å². The molecule has 0 aliphatic carbocycles. The molecular formula is C18H22N6O2. The lowest BCUT2D eigenvalue weighted by Gasteiger charge is -2.30. The number of aromatic nitrogens is 2. The van der Waals surface area contributed by atoms with Crippen LogP contribution in [0.15, 0.2) is 41.5 Å². The third-order valence-corrected chi connectivity index (χ3v) is 4.44. The van der Waals surface area contributed by atoms with Crippen LogP contribution in [-0.2, 0) is 16.6 Å². The summed E-state index contributed by atoms with van der Waals surface area (Å²) in [6, 6.07) is 8.22. The average molecular weight is 354 g/mol. The van der Waals surface area contributed by atoms with Crippen molar-refractivity contribution in [2.45, 2.75) is 32.9 Å². The summed E-state index contributed by atoms with van der Waals surface area (Å²) in [4.78, 5) is 29.3. The van der Waals surface area contributed by atoms with Gasteiger partial charge in [-0.25, -0.2) is 10.0 Å². The minimum atomic E-state index is -0.646. The number of nitrogens with zero attached hydrogens (tertiary/aromatic N) is 4. The Labute approximate surface area is 151 Å². The number of aryl methyl sites for hydroxylation is 1. The molecule has 1 aromatic carbocycles. The van der Waals surface area contributed by atoms with Gasteiger partial charge in [0.05, 0.1) is 17.9 Å². The number of hydrazine groups is 1. The summed E-state index contributed by atoms with van der Waals surface area (Å²) in [5, 5.41) is 8.46. The maximum Gasteiger partial charge on any atom is 0.288 e. The maximum atomic E-state index is 12.7. The molecular weight excluding hydrogens is 332 g/mol. The monoisotopic (exact) mass is 354 g/mol. The van der Waals surface area contributed by atoms with E-state index in [1.54, 1.807) is 29.9 Å². The van der Waals surface area contributed by atoms with Crippen molar-refractivity contribution in [1.82, 2.24) is 20.5 Å². The van der Waals surface area contributed by atoms with Crippen LogP contribution in [0, 0.1) is 6.92 Å². The molecule has 2 aromatic rings. The van der Waals surface area contributed by atoms with Crippen molar-refractivity contribution in [3.63, 3.8) is 0 Å². The first-order valence-electron chi connectivity index (χ1n) is 8.41. The summed E-state index contributed by atoms with van der Waals surface area (Å²) in [7, 11) is 1.85. The fraction of sp³-hybridized carbons (Fsp3) is 0.333. The first-order chi connectivity index (χ1) is 12.4. The Morgan fingerprint density at radius 1 is 1.31 bits per heavy atom. The summed E-state index contributed by atoms with van der Waals surface area (Å²) >= 11 is 0. The van der Waals surface area contributed by atoms with Crippen LogP contribution >= 0.6 is 0 Å². The highest BCUT2D eigenvalue weighted by Crippen LogP contribution is 2.18. The molecule has 1 aliphatic rings. The molecule has 0 spiro atoms. The third-order valence-electron chi connectivity index (χ3n) is 4.44. The molecule has 2 heterocycles. The summed E-state index contributed by atoms with van der Waals surface area (Å²) in [5.74, 6) is -0.487. The second-order valence-electron chi connectivity index (χ2n) is 6.28. The lowest BCUT2D eigenvalue weighted by Crippen LogP contribution is -2.58. The predicted octanol–water partition coefficient (Wildman–Crippen LogP) is 1.24. The third kappa shape index (κ3) is 3.30. The van der Waals surface area contributed by atoms with Crippen molar-refractivity contribution in [3.8, 4) is 0 Å². The molecule has 26 heavy (non-hydrogen) atoms. The SMILES string of the molecule is Cc1c(C(C)NC(=O)C2=NC(C)C(=O)N(c3ccccc3)N2)cnn1C. The van der Waals surface area contributed by atoms with Crippen LogP contribution in [0.2, 0.25) is 0 Å². The van der Waals surface area contributed by atoms with Crippen molar-refractivity contribution in [3.05, 3.63) is 47.8 Å². The van der Waals surface area contributed by atoms with Crippen LogP contribution in [0.25, 0.3) is 0 Å². The van der Waals surface area contributed by atoms with E-state index >= 15 is 0 Å². The van der Waals surface area contributed by atoms with Crippen LogP contribution in [0.3, 0.4) is 0 Å². The zero-order chi connectivity index (χ0) is 18.8. The summed E-state index contributed by atoms with van der Waals surface area (Å²) in [5.41, 5.74) is 5.39. The molecule has 0 saturated carbocycles. The number of amidine groups is 1. The van der Waals surface area contributed by atoms with Crippen LogP contribution < -0.4 is 15.8 Å². The molecule has 2 amide bonds. The highest BCUT2D eigenvalue weighted by Gasteiger charge is 2.31. The number of hydrogen-bond acceptors (Lipinski definition) is 5. The van der Waals surface area contributed by atoms with Crippen LogP contribution in [0.1, 0.15) is 31.1 Å². The highest BCUT2D eigenvalue weighted by molar-refractivity contribution is 6.39. The number of amides is 2. The van der Waals surface area contributed by atoms with E-state index in [4.69, 9.17) is 0 Å². The molecule has 2 atom stereocenters. The van der Waals surface area contributed by atoms with Gasteiger partial charge in [0, 0.05) is 18.3 Å². The van der Waals surface area contributed by atoms with Gasteiger partial charge in [-0.05, 0) is 32.9 Å². The van der Waals surface area contributed by atoms with E-state index in [9.17, 15) is 9.59 Å². The molecule has 0 bridgehead atoms. The van der Waals surface area contributed by atoms with Gasteiger partial charge in [-0.15, -0.1) is 0 Å². The standard InChI is InChI=1S/C18H22N6O2/c1-11(15-10-19-23(4)13(15)3)21-17(25)16-20-12(2)18(26)24(22-16)14-8-6-5-7-9-14/h5-12H,1-4H3,(H,20,22)(H,21,25). The zero-order valence-electron chi connectivity index (χ0n) is 15.2. The van der Waals surface area contributed by atoms with Gasteiger partial charge in [0.2, 0.25) is 5.84 Å². The number of benzene rings is 1. The smallest absolute Gasteiger partial charge is 0.288 e. The molecule has 2 N–H and O–H groups in total. The minimum absolute atomic E-state index is 0.106. The van der Waals surface area contributed by atoms with Gasteiger partial charge in [-0.1, -0.05) is 18.2 Å². The number of aliphatic imine (C=N–C) groups is 1. The molecule has 1 aliphatic heterocycles. The topological polar surface area (TPSA) is 91.6 Å². The quantitative estimate of drug-likeness (QED) is 0.864. The first-order valence-corrected chi connectivity index (χ1v) is 8.41. The van der Waals surface area contributed by atoms with Gasteiger partial charge in [0.25, 0.3) is 11.8 Å². The van der Waals surface area contributed by atoms with Crippen molar-refractivity contribution < 1.29 is 9.59 Å². The summed E-state index contributed by atoms with van der Waals surface area (Å²) < 4.78 is 1.76. The van der Waals surface area contributed by atoms with Gasteiger partial charge < -0.3 is 5.32 Å². The van der Waals surface area contributed by atoms with E-state index in [1.165, 1.54) is 5.01 Å². The van der Waals surface area contributed by atoms with E-state index in [0.29, 0.717) is 5.69 Å². The Morgan fingerprint density at radius 2 is 2.00 bits per heavy atom. The van der Waals surface area contributed by atoms with Gasteiger partial charge in [0.15, 0.2) is 0 Å². The number of anilines is 1. The fourth-order valence-corrected chi connectivity index (χ4v) is 2.79. The van der Waals surface area contributed by atoms with Crippen molar-refractivity contribution in [1.29, 1.82) is 0 Å². The Hall–Kier alpha value is -3.16. The van der Waals surface area contributed by atoms with Crippen molar-refractivity contribution >= 4 is 23.3 Å². The van der Waals surface area contributed by atoms with E-state index < -0.39 is 6.04 Å². The van der Waals surface area contributed by atoms with Gasteiger partial charge in [-0.2, -0.15) is 5.10 Å². The lowest BCUT2D eigenvalue weighted by atomic mass is 10.1. The van der Waals surface area contributed by atoms with Crippen molar-refractivity contribution in [2.75, 3.05) is 5.01 Å². The highest BCUT2D eigenvalue weighted by atomic mass is 16.2. The molecule has 0 saturated heterocycles. The lowest BCUT2D eigenvalue weighted by molar-refractivity contribution is -0.120. The average Bonchev–Trinajstić information content (AvgIpc) is 2.97. The Balaban J connectivity index is 1.77. The number of para-hydroxylation sites is 1. The Kier molecular flexibility index (Phi) is 4.75. The molecule has 2 unspecified atom stereocenters. The molecule has 8 nitrogen and oxygen atoms in total. The molecule has 136 valence electrons. The second kappa shape index (κ2) is 6.99. The number of carbonyl (C=O) groups excluding carboxylic acids is 2. The largest absolute Gasteiger partial charge is 0.343 e. The predicted molar refractivity (Wildman–Crippen MR) is 98.5 cm³/mol.